The quantitative estimate of drug-likeness (QED) is 0.335. The molecule has 0 nitrogen and oxygen atoms in total. The Labute approximate surface area is 117 Å². The molecule has 0 atom stereocenters. The van der Waals surface area contributed by atoms with E-state index in [0.717, 1.165) is 0 Å². The van der Waals surface area contributed by atoms with E-state index >= 15 is 0 Å². The maximum Gasteiger partial charge on any atom is 0 e. The molecule has 3 heteroatoms. The van der Waals surface area contributed by atoms with Crippen molar-refractivity contribution in [3.05, 3.63) is 0 Å². The first-order valence-corrected chi connectivity index (χ1v) is 9.07. The third-order valence-corrected chi connectivity index (χ3v) is 5.12. The molecule has 0 unspecified atom stereocenters. The van der Waals surface area contributed by atoms with Crippen LogP contribution in [0, 0.1) is 0 Å². The summed E-state index contributed by atoms with van der Waals surface area (Å²) in [7, 11) is 2.46. The van der Waals surface area contributed by atoms with E-state index in [1.165, 1.54) is 67.5 Å². The van der Waals surface area contributed by atoms with Crippen LogP contribution in [0.25, 0.3) is 0 Å². The van der Waals surface area contributed by atoms with Gasteiger partial charge in [-0.05, 0) is 24.6 Å². The molecule has 0 aliphatic heterocycles. The second kappa shape index (κ2) is 24.7. The third-order valence-electron chi connectivity index (χ3n) is 1.71. The van der Waals surface area contributed by atoms with Gasteiger partial charge < -0.3 is 0 Å². The van der Waals surface area contributed by atoms with E-state index in [2.05, 4.69) is 27.7 Å². The SMILES string of the molecule is CCCPCCC.CCCPCCC.[Ti]. The van der Waals surface area contributed by atoms with Gasteiger partial charge in [0.2, 0.25) is 0 Å². The van der Waals surface area contributed by atoms with Crippen LogP contribution in [-0.4, -0.2) is 24.6 Å². The Morgan fingerprint density at radius 2 is 0.733 bits per heavy atom. The molecule has 0 amide bonds. The van der Waals surface area contributed by atoms with Crippen molar-refractivity contribution in [1.29, 1.82) is 0 Å². The Kier molecular flexibility index (Phi) is 35.9. The van der Waals surface area contributed by atoms with Crippen LogP contribution in [0.3, 0.4) is 0 Å². The number of rotatable bonds is 8. The van der Waals surface area contributed by atoms with Crippen molar-refractivity contribution in [2.75, 3.05) is 24.6 Å². The molecule has 0 rings (SSSR count). The molecular weight excluding hydrogens is 254 g/mol. The van der Waals surface area contributed by atoms with Gasteiger partial charge >= 0.3 is 0 Å². The Morgan fingerprint density at radius 3 is 0.867 bits per heavy atom. The molecule has 0 aromatic rings. The minimum absolute atomic E-state index is 0. The molecule has 0 saturated carbocycles. The van der Waals surface area contributed by atoms with Crippen molar-refractivity contribution in [1.82, 2.24) is 0 Å². The van der Waals surface area contributed by atoms with E-state index in [-0.39, 0.29) is 21.7 Å². The zero-order valence-electron chi connectivity index (χ0n) is 11.2. The molecule has 0 bridgehead atoms. The second-order valence-corrected chi connectivity index (χ2v) is 6.50. The Bertz CT molecular complexity index is 62.0. The third kappa shape index (κ3) is 31.3. The summed E-state index contributed by atoms with van der Waals surface area (Å²) in [5, 5.41) is 0. The van der Waals surface area contributed by atoms with Gasteiger partial charge in [0, 0.05) is 21.7 Å². The average Bonchev–Trinajstić information content (AvgIpc) is 2.21. The van der Waals surface area contributed by atoms with Crippen molar-refractivity contribution in [3.8, 4) is 0 Å². The van der Waals surface area contributed by atoms with Crippen LogP contribution >= 0.6 is 17.2 Å². The molecule has 0 heterocycles. The van der Waals surface area contributed by atoms with Gasteiger partial charge in [-0.2, -0.15) is 0 Å². The molecule has 0 aliphatic carbocycles. The maximum atomic E-state index is 2.25. The van der Waals surface area contributed by atoms with E-state index in [1.54, 1.807) is 0 Å². The fourth-order valence-corrected chi connectivity index (χ4v) is 2.87. The summed E-state index contributed by atoms with van der Waals surface area (Å²) < 4.78 is 0. The van der Waals surface area contributed by atoms with Crippen molar-refractivity contribution in [3.63, 3.8) is 0 Å². The normalized spacial score (nSPS) is 8.80. The molecule has 92 valence electrons. The summed E-state index contributed by atoms with van der Waals surface area (Å²) in [6.45, 7) is 9.01. The predicted octanol–water partition coefficient (Wildman–Crippen LogP) is 4.97. The summed E-state index contributed by atoms with van der Waals surface area (Å²) >= 11 is 0. The van der Waals surface area contributed by atoms with Crippen molar-refractivity contribution in [2.24, 2.45) is 0 Å². The fourth-order valence-electron chi connectivity index (χ4n) is 0.957. The molecular formula is C12H30P2Ti. The summed E-state index contributed by atoms with van der Waals surface area (Å²) in [5.41, 5.74) is 0. The molecule has 15 heavy (non-hydrogen) atoms. The van der Waals surface area contributed by atoms with Crippen molar-refractivity contribution < 1.29 is 21.7 Å². The van der Waals surface area contributed by atoms with Crippen LogP contribution in [0.15, 0.2) is 0 Å². The minimum atomic E-state index is 0. The number of hydrogen-bond donors (Lipinski definition) is 0. The van der Waals surface area contributed by atoms with Crippen LogP contribution in [0.4, 0.5) is 0 Å². The molecule has 0 N–H and O–H groups in total. The molecule has 0 fully saturated rings. The second-order valence-electron chi connectivity index (χ2n) is 3.50. The van der Waals surface area contributed by atoms with Crippen molar-refractivity contribution >= 4 is 17.2 Å². The van der Waals surface area contributed by atoms with E-state index in [4.69, 9.17) is 0 Å². The maximum absolute atomic E-state index is 2.25. The molecule has 0 saturated heterocycles. The van der Waals surface area contributed by atoms with Crippen LogP contribution in [0.1, 0.15) is 53.4 Å². The standard InChI is InChI=1S/2C6H15P.Ti/c2*1-3-5-7-6-4-2;/h2*7H,3-6H2,1-2H3;. The zero-order valence-corrected chi connectivity index (χ0v) is 14.7. The predicted molar refractivity (Wildman–Crippen MR) is 77.3 cm³/mol. The summed E-state index contributed by atoms with van der Waals surface area (Å²) in [6.07, 6.45) is 11.3. The largest absolute Gasteiger partial charge is 0.122 e. The first kappa shape index (κ1) is 21.8. The van der Waals surface area contributed by atoms with Gasteiger partial charge in [0.05, 0.1) is 0 Å². The van der Waals surface area contributed by atoms with Gasteiger partial charge in [0.1, 0.15) is 0 Å². The van der Waals surface area contributed by atoms with Gasteiger partial charge in [-0.3, -0.25) is 0 Å². The smallest absolute Gasteiger partial charge is 0 e. The van der Waals surface area contributed by atoms with Crippen LogP contribution in [-0.2, 0) is 21.7 Å². The number of hydrogen-bond acceptors (Lipinski definition) is 0. The molecule has 0 spiro atoms. The Morgan fingerprint density at radius 1 is 0.533 bits per heavy atom. The Balaban J connectivity index is -0.000000180. The van der Waals surface area contributed by atoms with Gasteiger partial charge in [0.15, 0.2) is 0 Å². The zero-order chi connectivity index (χ0) is 11.1. The average molecular weight is 284 g/mol. The summed E-state index contributed by atoms with van der Waals surface area (Å²) in [5.74, 6) is 0. The topological polar surface area (TPSA) is 0 Å². The van der Waals surface area contributed by atoms with E-state index in [9.17, 15) is 0 Å². The molecule has 0 radical (unpaired) electrons. The van der Waals surface area contributed by atoms with Crippen LogP contribution in [0.5, 0.6) is 0 Å². The molecule has 0 aromatic heterocycles. The molecule has 0 aromatic carbocycles. The van der Waals surface area contributed by atoms with Crippen molar-refractivity contribution in [2.45, 2.75) is 53.4 Å². The fraction of sp³-hybridized carbons (Fsp3) is 1.00. The minimum Gasteiger partial charge on any atom is -0.122 e. The molecule has 0 aliphatic rings. The summed E-state index contributed by atoms with van der Waals surface area (Å²) in [6, 6.07) is 0. The van der Waals surface area contributed by atoms with Gasteiger partial charge in [-0.25, -0.2) is 0 Å². The van der Waals surface area contributed by atoms with Crippen LogP contribution < -0.4 is 0 Å². The van der Waals surface area contributed by atoms with E-state index < -0.39 is 0 Å². The van der Waals surface area contributed by atoms with E-state index in [1.807, 2.05) is 0 Å². The van der Waals surface area contributed by atoms with Gasteiger partial charge in [0.25, 0.3) is 0 Å². The first-order valence-electron chi connectivity index (χ1n) is 6.24. The monoisotopic (exact) mass is 284 g/mol. The van der Waals surface area contributed by atoms with Gasteiger partial charge in [-0.15, -0.1) is 17.2 Å². The van der Waals surface area contributed by atoms with E-state index in [0.29, 0.717) is 0 Å². The van der Waals surface area contributed by atoms with Gasteiger partial charge in [-0.1, -0.05) is 53.4 Å². The van der Waals surface area contributed by atoms with Crippen LogP contribution in [0.2, 0.25) is 0 Å². The Hall–Kier alpha value is 1.57. The summed E-state index contributed by atoms with van der Waals surface area (Å²) in [4.78, 5) is 0. The first-order chi connectivity index (χ1) is 6.83.